The average Bonchev–Trinajstić information content (AvgIpc) is 1.51. The third-order valence-electron chi connectivity index (χ3n) is 24.6. The molecule has 10 heteroatoms. The summed E-state index contributed by atoms with van der Waals surface area (Å²) in [6.07, 6.45) is 46.7. The van der Waals surface area contributed by atoms with Gasteiger partial charge in [-0.3, -0.25) is 14.5 Å². The second kappa shape index (κ2) is 36.9. The van der Waals surface area contributed by atoms with Gasteiger partial charge in [0.2, 0.25) is 0 Å². The average molecular weight is 1590 g/mol. The van der Waals surface area contributed by atoms with Gasteiger partial charge in [-0.05, 0) is 196 Å². The van der Waals surface area contributed by atoms with E-state index in [0.29, 0.717) is 23.6 Å². The number of carbonyl (C=O) groups excluding carboxylic acids is 2. The summed E-state index contributed by atoms with van der Waals surface area (Å²) in [5, 5.41) is 3.52. The molecule has 0 saturated heterocycles. The van der Waals surface area contributed by atoms with Crippen LogP contribution in [0.15, 0.2) is 151 Å². The molecule has 0 saturated carbocycles. The number of hydrogen-bond donors (Lipinski definition) is 0. The molecule has 5 aromatic carbocycles. The molecule has 1 atom stereocenters. The van der Waals surface area contributed by atoms with Crippen LogP contribution in [0.4, 0.5) is 0 Å². The fourth-order valence-corrected chi connectivity index (χ4v) is 27.0. The zero-order valence-electron chi connectivity index (χ0n) is 66.5. The van der Waals surface area contributed by atoms with Crippen LogP contribution in [0.1, 0.15) is 321 Å². The van der Waals surface area contributed by atoms with Crippen LogP contribution in [0.3, 0.4) is 0 Å². The van der Waals surface area contributed by atoms with E-state index in [9.17, 15) is 0 Å². The number of nitrogens with zero attached hydrogens (tertiary/aromatic N) is 1. The number of thiophene rings is 7. The monoisotopic (exact) mass is 1590 g/mol. The third kappa shape index (κ3) is 16.3. The van der Waals surface area contributed by atoms with Gasteiger partial charge in [0.1, 0.15) is 0 Å². The van der Waals surface area contributed by atoms with E-state index in [4.69, 9.17) is 0 Å². The van der Waals surface area contributed by atoms with E-state index in [1.807, 2.05) is 34.0 Å². The molecule has 1 unspecified atom stereocenters. The summed E-state index contributed by atoms with van der Waals surface area (Å²) in [7, 11) is 0. The van der Waals surface area contributed by atoms with Crippen molar-refractivity contribution in [2.24, 2.45) is 5.92 Å². The number of aryl methyl sites for hydroxylation is 4. The third-order valence-corrected chi connectivity index (χ3v) is 33.0. The minimum atomic E-state index is -0.590. The van der Waals surface area contributed by atoms with Gasteiger partial charge in [-0.2, -0.15) is 0 Å². The van der Waals surface area contributed by atoms with Crippen LogP contribution in [0.25, 0.3) is 74.7 Å². The molecule has 3 aliphatic rings. The predicted molar refractivity (Wildman–Crippen MR) is 486 cm³/mol. The van der Waals surface area contributed by atoms with Crippen molar-refractivity contribution >= 4 is 126 Å². The van der Waals surface area contributed by atoms with Crippen molar-refractivity contribution in [3.05, 3.63) is 228 Å². The number of hydrogen-bond acceptors (Lipinski definition) is 9. The molecule has 2 aliphatic carbocycles. The first-order chi connectivity index (χ1) is 54.1. The SMILES string of the molecule is CCCCCCCCCCC(CCCCCC)CN1C(=O)c2c(-c3cc4sccc4s3)sc(-c3cc4sc(-c5cc6c(s5)-c5cc7c8c(sc7cc5C6(c5ccc(CCCCCC)cc5)c5ccc(CCCCCC)cc5)C=CC8(c5ccc(CCCCCC)cc5)c5ccc(CCCCCC)cc5)cc4s3)c2C1=O. The van der Waals surface area contributed by atoms with Crippen molar-refractivity contribution in [1.82, 2.24) is 4.90 Å². The molecule has 110 heavy (non-hydrogen) atoms. The molecule has 8 heterocycles. The Hall–Kier alpha value is -6.34. The molecule has 15 rings (SSSR count). The second-order valence-corrected chi connectivity index (χ2v) is 39.8. The lowest BCUT2D eigenvalue weighted by Crippen LogP contribution is -2.35. The summed E-state index contributed by atoms with van der Waals surface area (Å²) in [5.41, 5.74) is 16.8. The van der Waals surface area contributed by atoms with Gasteiger partial charge in [0, 0.05) is 59.3 Å². The number of amides is 2. The van der Waals surface area contributed by atoms with Gasteiger partial charge in [0.05, 0.1) is 31.7 Å². The van der Waals surface area contributed by atoms with Gasteiger partial charge < -0.3 is 0 Å². The number of rotatable bonds is 43. The first-order valence-electron chi connectivity index (χ1n) is 43.0. The number of carbonyl (C=O) groups is 2. The van der Waals surface area contributed by atoms with E-state index in [1.165, 1.54) is 282 Å². The smallest absolute Gasteiger partial charge is 0.263 e. The summed E-state index contributed by atoms with van der Waals surface area (Å²) < 4.78 is 6.27. The summed E-state index contributed by atoms with van der Waals surface area (Å²) >= 11 is 12.8. The molecule has 0 spiro atoms. The van der Waals surface area contributed by atoms with Crippen LogP contribution in [-0.2, 0) is 36.5 Å². The second-order valence-electron chi connectivity index (χ2n) is 32.4. The van der Waals surface area contributed by atoms with Gasteiger partial charge in [0.15, 0.2) is 0 Å². The fraction of sp³-hybridized carbons (Fsp3) is 0.440. The minimum Gasteiger partial charge on any atom is -0.274 e. The van der Waals surface area contributed by atoms with E-state index in [-0.39, 0.29) is 11.8 Å². The van der Waals surface area contributed by atoms with Gasteiger partial charge in [-0.1, -0.05) is 299 Å². The maximum atomic E-state index is 15.5. The Morgan fingerprint density at radius 2 is 0.773 bits per heavy atom. The largest absolute Gasteiger partial charge is 0.274 e. The van der Waals surface area contributed by atoms with E-state index < -0.39 is 10.8 Å². The highest BCUT2D eigenvalue weighted by atomic mass is 32.1. The van der Waals surface area contributed by atoms with Gasteiger partial charge in [-0.15, -0.1) is 79.4 Å². The standard InChI is InChI=1S/C100H115NO2S7/c1-7-13-19-25-26-27-28-34-40-72(39-33-24-18-12-6)67-101-97(102)91-92(98(101)103)96(110-95(91)89-64-84-81(105-89)58-60-104-84)90-66-88-87(108-90)65-86(107-88)85-63-80-94(109-85)77-61-78-83(62-79(77)100(80,75-53-45-70(46-54-75)37-31-22-16-10-4)76-55-47-71(48-56-76)38-32-23-17-11-5)106-82-57-59-99(93(78)82,73-49-41-68(42-50-73)35-29-20-14-8-2)74-51-43-69(44-52-74)36-30-21-15-9-3/h41-66,72H,7-40,67H2,1-6H3. The van der Waals surface area contributed by atoms with Crippen molar-refractivity contribution in [2.75, 3.05) is 6.54 Å². The van der Waals surface area contributed by atoms with Crippen molar-refractivity contribution in [3.63, 3.8) is 0 Å². The van der Waals surface area contributed by atoms with Crippen LogP contribution in [0.5, 0.6) is 0 Å². The molecule has 2 amide bonds. The Kier molecular flexibility index (Phi) is 26.4. The zero-order chi connectivity index (χ0) is 75.6. The number of imide groups is 1. The first-order valence-corrected chi connectivity index (χ1v) is 48.8. The van der Waals surface area contributed by atoms with E-state index in [0.717, 1.165) is 70.9 Å². The van der Waals surface area contributed by atoms with Crippen molar-refractivity contribution < 1.29 is 9.59 Å². The van der Waals surface area contributed by atoms with Crippen LogP contribution in [-0.4, -0.2) is 23.3 Å². The summed E-state index contributed by atoms with van der Waals surface area (Å²) in [6.45, 7) is 14.3. The summed E-state index contributed by atoms with van der Waals surface area (Å²) in [5.74, 6) is 0.116. The number of allylic oxidation sites excluding steroid dienone is 1. The van der Waals surface area contributed by atoms with Gasteiger partial charge >= 0.3 is 0 Å². The molecular weight excluding hydrogens is 1470 g/mol. The van der Waals surface area contributed by atoms with Crippen LogP contribution in [0, 0.1) is 5.92 Å². The molecular formula is C100H115NO2S7. The van der Waals surface area contributed by atoms with Gasteiger partial charge in [-0.25, -0.2) is 0 Å². The minimum absolute atomic E-state index is 0.0919. The van der Waals surface area contributed by atoms with Crippen molar-refractivity contribution in [2.45, 2.75) is 271 Å². The Labute approximate surface area is 685 Å². The molecule has 3 nitrogen and oxygen atoms in total. The Morgan fingerprint density at radius 3 is 1.26 bits per heavy atom. The molecule has 0 radical (unpaired) electrons. The Morgan fingerprint density at radius 1 is 0.355 bits per heavy atom. The van der Waals surface area contributed by atoms with Crippen LogP contribution >= 0.6 is 79.4 Å². The molecule has 7 aromatic heterocycles. The fourth-order valence-electron chi connectivity index (χ4n) is 18.4. The van der Waals surface area contributed by atoms with Crippen molar-refractivity contribution in [3.8, 4) is 39.7 Å². The zero-order valence-corrected chi connectivity index (χ0v) is 72.2. The van der Waals surface area contributed by atoms with Crippen LogP contribution < -0.4 is 0 Å². The summed E-state index contributed by atoms with van der Waals surface area (Å²) in [4.78, 5) is 41.8. The maximum absolute atomic E-state index is 15.5. The highest BCUT2D eigenvalue weighted by Gasteiger charge is 2.50. The highest BCUT2D eigenvalue weighted by Crippen LogP contribution is 2.64. The quantitative estimate of drug-likeness (QED) is 0.0282. The molecule has 0 fully saturated rings. The van der Waals surface area contributed by atoms with E-state index in [1.54, 1.807) is 50.2 Å². The lowest BCUT2D eigenvalue weighted by molar-refractivity contribution is 0.0622. The predicted octanol–water partition coefficient (Wildman–Crippen LogP) is 32.5. The summed E-state index contributed by atoms with van der Waals surface area (Å²) in [6, 6.07) is 56.8. The molecule has 0 bridgehead atoms. The lowest BCUT2D eigenvalue weighted by atomic mass is 9.67. The number of fused-ring (bicyclic) bond motifs is 9. The number of unbranched alkanes of at least 4 members (excludes halogenated alkanes) is 22. The van der Waals surface area contributed by atoms with E-state index in [2.05, 4.69) is 199 Å². The van der Waals surface area contributed by atoms with Crippen LogP contribution in [0.2, 0.25) is 0 Å². The number of benzene rings is 5. The maximum Gasteiger partial charge on any atom is 0.263 e. The first kappa shape index (κ1) is 78.9. The lowest BCUT2D eigenvalue weighted by Gasteiger charge is -2.34. The normalized spacial score (nSPS) is 14.4. The topological polar surface area (TPSA) is 37.4 Å². The molecule has 12 aromatic rings. The Balaban J connectivity index is 0.840. The molecule has 0 N–H and O–H groups in total. The van der Waals surface area contributed by atoms with Crippen molar-refractivity contribution in [1.29, 1.82) is 0 Å². The Bertz CT molecular complexity index is 4920. The van der Waals surface area contributed by atoms with Gasteiger partial charge in [0.25, 0.3) is 11.8 Å². The van der Waals surface area contributed by atoms with E-state index >= 15 is 9.59 Å². The highest BCUT2D eigenvalue weighted by molar-refractivity contribution is 7.35. The molecule has 574 valence electrons. The molecule has 1 aliphatic heterocycles.